The number of halogens is 1. The van der Waals surface area contributed by atoms with Gasteiger partial charge in [0.1, 0.15) is 18.2 Å². The van der Waals surface area contributed by atoms with E-state index in [9.17, 15) is 9.18 Å². The molecule has 6 heteroatoms. The molecule has 0 bridgehead atoms. The Labute approximate surface area is 169 Å². The van der Waals surface area contributed by atoms with Gasteiger partial charge in [-0.2, -0.15) is 0 Å². The highest BCUT2D eigenvalue weighted by molar-refractivity contribution is 5.99. The molecule has 3 aromatic rings. The van der Waals surface area contributed by atoms with Crippen molar-refractivity contribution in [3.8, 4) is 5.75 Å². The summed E-state index contributed by atoms with van der Waals surface area (Å²) in [7, 11) is 0. The fourth-order valence-corrected chi connectivity index (χ4v) is 2.85. The van der Waals surface area contributed by atoms with Crippen molar-refractivity contribution in [1.29, 1.82) is 0 Å². The number of hydrogen-bond acceptors (Lipinski definition) is 3. The van der Waals surface area contributed by atoms with Gasteiger partial charge in [-0.15, -0.1) is 0 Å². The Morgan fingerprint density at radius 1 is 1.07 bits per heavy atom. The van der Waals surface area contributed by atoms with Gasteiger partial charge in [-0.25, -0.2) is 9.18 Å². The molecule has 0 aliphatic carbocycles. The zero-order valence-corrected chi connectivity index (χ0v) is 16.5. The van der Waals surface area contributed by atoms with E-state index in [1.165, 1.54) is 17.7 Å². The van der Waals surface area contributed by atoms with E-state index < -0.39 is 11.8 Å². The first kappa shape index (κ1) is 20.3. The van der Waals surface area contributed by atoms with Crippen LogP contribution in [-0.4, -0.2) is 11.0 Å². The van der Waals surface area contributed by atoms with Crippen LogP contribution < -0.4 is 15.4 Å². The van der Waals surface area contributed by atoms with Crippen molar-refractivity contribution in [3.63, 3.8) is 0 Å². The lowest BCUT2D eigenvalue weighted by Crippen LogP contribution is -2.19. The highest BCUT2D eigenvalue weighted by atomic mass is 19.1. The number of nitrogens with one attached hydrogen (secondary N) is 2. The molecule has 0 fully saturated rings. The lowest BCUT2D eigenvalue weighted by molar-refractivity contribution is 0.262. The monoisotopic (exact) mass is 393 g/mol. The zero-order chi connectivity index (χ0) is 20.6. The number of nitrogens with zero attached hydrogens (tertiary/aromatic N) is 1. The van der Waals surface area contributed by atoms with Gasteiger partial charge in [-0.1, -0.05) is 26.0 Å². The Hall–Kier alpha value is -3.41. The van der Waals surface area contributed by atoms with Crippen molar-refractivity contribution >= 4 is 17.4 Å². The van der Waals surface area contributed by atoms with E-state index in [0.717, 1.165) is 6.42 Å². The van der Waals surface area contributed by atoms with Crippen LogP contribution in [0.2, 0.25) is 0 Å². The number of pyridine rings is 1. The summed E-state index contributed by atoms with van der Waals surface area (Å²) in [5.41, 5.74) is 2.73. The average molecular weight is 393 g/mol. The molecule has 0 aliphatic rings. The second-order valence-electron chi connectivity index (χ2n) is 7.16. The number of rotatable bonds is 7. The van der Waals surface area contributed by atoms with Gasteiger partial charge < -0.3 is 15.4 Å². The van der Waals surface area contributed by atoms with E-state index >= 15 is 0 Å². The van der Waals surface area contributed by atoms with Gasteiger partial charge in [0.05, 0.1) is 6.20 Å². The van der Waals surface area contributed by atoms with Gasteiger partial charge in [-0.3, -0.25) is 4.98 Å². The molecule has 150 valence electrons. The Balaban J connectivity index is 1.58. The van der Waals surface area contributed by atoms with Crippen molar-refractivity contribution in [1.82, 2.24) is 4.98 Å². The summed E-state index contributed by atoms with van der Waals surface area (Å²) >= 11 is 0. The van der Waals surface area contributed by atoms with Gasteiger partial charge >= 0.3 is 6.03 Å². The largest absolute Gasteiger partial charge is 0.487 e. The standard InChI is InChI=1S/C23H24FN3O2/c1-16(2)12-17-5-7-19(8-6-17)26-23(28)27-20-9-10-22(24)18(13-20)15-29-21-4-3-11-25-14-21/h3-11,13-14,16H,12,15H2,1-2H3,(H2,26,27,28). The summed E-state index contributed by atoms with van der Waals surface area (Å²) in [6, 6.07) is 15.2. The zero-order valence-electron chi connectivity index (χ0n) is 16.5. The number of carbonyl (C=O) groups excluding carboxylic acids is 1. The Morgan fingerprint density at radius 2 is 1.79 bits per heavy atom. The molecular formula is C23H24FN3O2. The first-order chi connectivity index (χ1) is 14.0. The van der Waals surface area contributed by atoms with Crippen LogP contribution in [0, 0.1) is 11.7 Å². The second-order valence-corrected chi connectivity index (χ2v) is 7.16. The fourth-order valence-electron chi connectivity index (χ4n) is 2.85. The average Bonchev–Trinajstić information content (AvgIpc) is 2.70. The lowest BCUT2D eigenvalue weighted by Gasteiger charge is -2.11. The maximum atomic E-state index is 14.1. The number of hydrogen-bond donors (Lipinski definition) is 2. The van der Waals surface area contributed by atoms with Crippen LogP contribution in [0.15, 0.2) is 67.0 Å². The van der Waals surface area contributed by atoms with Crippen LogP contribution in [0.25, 0.3) is 0 Å². The van der Waals surface area contributed by atoms with E-state index in [4.69, 9.17) is 4.74 Å². The number of anilines is 2. The molecule has 0 radical (unpaired) electrons. The maximum Gasteiger partial charge on any atom is 0.323 e. The first-order valence-corrected chi connectivity index (χ1v) is 9.48. The molecule has 29 heavy (non-hydrogen) atoms. The highest BCUT2D eigenvalue weighted by Gasteiger charge is 2.08. The summed E-state index contributed by atoms with van der Waals surface area (Å²) in [5, 5.41) is 5.50. The second kappa shape index (κ2) is 9.68. The van der Waals surface area contributed by atoms with Gasteiger partial charge in [0.25, 0.3) is 0 Å². The molecular weight excluding hydrogens is 369 g/mol. The van der Waals surface area contributed by atoms with Gasteiger partial charge in [0.15, 0.2) is 0 Å². The summed E-state index contributed by atoms with van der Waals surface area (Å²) < 4.78 is 19.6. The third-order valence-corrected chi connectivity index (χ3v) is 4.19. The molecule has 1 heterocycles. The van der Waals surface area contributed by atoms with Gasteiger partial charge in [0, 0.05) is 23.1 Å². The third-order valence-electron chi connectivity index (χ3n) is 4.19. The van der Waals surface area contributed by atoms with E-state index in [-0.39, 0.29) is 6.61 Å². The molecule has 0 unspecified atom stereocenters. The SMILES string of the molecule is CC(C)Cc1ccc(NC(=O)Nc2ccc(F)c(COc3cccnc3)c2)cc1. The van der Waals surface area contributed by atoms with E-state index in [1.54, 1.807) is 30.6 Å². The third kappa shape index (κ3) is 6.31. The van der Waals surface area contributed by atoms with Crippen LogP contribution >= 0.6 is 0 Å². The minimum atomic E-state index is -0.402. The van der Waals surface area contributed by atoms with Gasteiger partial charge in [-0.05, 0) is 60.4 Å². The van der Waals surface area contributed by atoms with E-state index in [1.807, 2.05) is 24.3 Å². The molecule has 3 rings (SSSR count). The number of urea groups is 1. The molecule has 2 N–H and O–H groups in total. The van der Waals surface area contributed by atoms with Crippen molar-refractivity contribution in [2.45, 2.75) is 26.9 Å². The summed E-state index contributed by atoms with van der Waals surface area (Å²) in [5.74, 6) is 0.719. The van der Waals surface area contributed by atoms with Crippen LogP contribution in [-0.2, 0) is 13.0 Å². The number of carbonyl (C=O) groups is 1. The molecule has 0 saturated carbocycles. The van der Waals surface area contributed by atoms with Crippen LogP contribution in [0.1, 0.15) is 25.0 Å². The van der Waals surface area contributed by atoms with Crippen LogP contribution in [0.5, 0.6) is 5.75 Å². The molecule has 1 aromatic heterocycles. The number of amides is 2. The molecule has 0 atom stereocenters. The molecule has 5 nitrogen and oxygen atoms in total. The highest BCUT2D eigenvalue weighted by Crippen LogP contribution is 2.18. The van der Waals surface area contributed by atoms with E-state index in [2.05, 4.69) is 29.5 Å². The van der Waals surface area contributed by atoms with Crippen LogP contribution in [0.4, 0.5) is 20.6 Å². The molecule has 2 amide bonds. The molecule has 2 aromatic carbocycles. The number of benzene rings is 2. The Kier molecular flexibility index (Phi) is 6.79. The van der Waals surface area contributed by atoms with Crippen LogP contribution in [0.3, 0.4) is 0 Å². The predicted molar refractivity (Wildman–Crippen MR) is 113 cm³/mol. The Bertz CT molecular complexity index is 944. The maximum absolute atomic E-state index is 14.1. The van der Waals surface area contributed by atoms with Crippen molar-refractivity contribution in [2.75, 3.05) is 10.6 Å². The normalized spacial score (nSPS) is 10.6. The first-order valence-electron chi connectivity index (χ1n) is 9.48. The smallest absolute Gasteiger partial charge is 0.323 e. The van der Waals surface area contributed by atoms with Crippen molar-refractivity contribution in [3.05, 3.63) is 83.9 Å². The summed E-state index contributed by atoms with van der Waals surface area (Å²) in [6.45, 7) is 4.36. The summed E-state index contributed by atoms with van der Waals surface area (Å²) in [6.07, 6.45) is 4.18. The van der Waals surface area contributed by atoms with E-state index in [0.29, 0.717) is 28.6 Å². The van der Waals surface area contributed by atoms with Crippen molar-refractivity contribution < 1.29 is 13.9 Å². The predicted octanol–water partition coefficient (Wildman–Crippen LogP) is 5.64. The quantitative estimate of drug-likeness (QED) is 0.546. The minimum absolute atomic E-state index is 0.0337. The number of ether oxygens (including phenoxy) is 1. The minimum Gasteiger partial charge on any atom is -0.487 e. The molecule has 0 spiro atoms. The van der Waals surface area contributed by atoms with Gasteiger partial charge in [0.2, 0.25) is 0 Å². The lowest BCUT2D eigenvalue weighted by atomic mass is 10.0. The summed E-state index contributed by atoms with van der Waals surface area (Å²) in [4.78, 5) is 16.2. The molecule has 0 aliphatic heterocycles. The van der Waals surface area contributed by atoms with Crippen molar-refractivity contribution in [2.24, 2.45) is 5.92 Å². The fraction of sp³-hybridized carbons (Fsp3) is 0.217. The topological polar surface area (TPSA) is 63.2 Å². The Morgan fingerprint density at radius 3 is 2.48 bits per heavy atom. The molecule has 0 saturated heterocycles. The number of aromatic nitrogens is 1.